The van der Waals surface area contributed by atoms with E-state index < -0.39 is 0 Å². The molecule has 1 aliphatic rings. The molecule has 4 nitrogen and oxygen atoms in total. The van der Waals surface area contributed by atoms with Crippen molar-refractivity contribution in [3.05, 3.63) is 64.7 Å². The van der Waals surface area contributed by atoms with Crippen LogP contribution in [0.15, 0.2) is 48.5 Å². The first-order chi connectivity index (χ1) is 14.7. The van der Waals surface area contributed by atoms with Gasteiger partial charge in [0.05, 0.1) is 16.3 Å². The molecule has 5 heteroatoms. The van der Waals surface area contributed by atoms with Gasteiger partial charge < -0.3 is 14.7 Å². The van der Waals surface area contributed by atoms with E-state index in [1.807, 2.05) is 18.2 Å². The topological polar surface area (TPSA) is 45.6 Å². The van der Waals surface area contributed by atoms with Crippen LogP contribution in [0, 0.1) is 11.8 Å². The average molecular weight is 421 g/mol. The number of aliphatic hydroxyl groups is 1. The Morgan fingerprint density at radius 1 is 1.20 bits per heavy atom. The summed E-state index contributed by atoms with van der Waals surface area (Å²) in [5, 5.41) is 9.95. The van der Waals surface area contributed by atoms with Crippen molar-refractivity contribution in [2.75, 3.05) is 26.7 Å². The smallest absolute Gasteiger partial charge is 0.134 e. The van der Waals surface area contributed by atoms with Gasteiger partial charge in [-0.25, -0.2) is 4.98 Å². The first-order valence-electron chi connectivity index (χ1n) is 10.6. The Bertz CT molecular complexity index is 995. The zero-order valence-electron chi connectivity index (χ0n) is 17.4. The number of unbranched alkanes of at least 4 members (excludes halogenated alkanes) is 1. The molecular formula is C25H28N2O2S. The van der Waals surface area contributed by atoms with E-state index in [-0.39, 0.29) is 18.8 Å². The number of hydrogen-bond donors (Lipinski definition) is 1. The Balaban J connectivity index is 1.63. The number of hydrogen-bond acceptors (Lipinski definition) is 5. The van der Waals surface area contributed by atoms with Crippen molar-refractivity contribution in [3.63, 3.8) is 0 Å². The van der Waals surface area contributed by atoms with Gasteiger partial charge in [0.25, 0.3) is 0 Å². The van der Waals surface area contributed by atoms with E-state index >= 15 is 0 Å². The van der Waals surface area contributed by atoms with Gasteiger partial charge in [-0.15, -0.1) is 11.3 Å². The van der Waals surface area contributed by atoms with Gasteiger partial charge in [0.1, 0.15) is 11.1 Å². The van der Waals surface area contributed by atoms with Crippen LogP contribution in [0.2, 0.25) is 0 Å². The van der Waals surface area contributed by atoms with E-state index in [1.54, 1.807) is 11.3 Å². The maximum Gasteiger partial charge on any atom is 0.134 e. The number of aromatic nitrogens is 1. The second kappa shape index (κ2) is 10.2. The van der Waals surface area contributed by atoms with Gasteiger partial charge in [-0.1, -0.05) is 36.1 Å². The maximum absolute atomic E-state index is 8.95. The number of benzene rings is 2. The van der Waals surface area contributed by atoms with Crippen molar-refractivity contribution in [2.24, 2.45) is 0 Å². The highest BCUT2D eigenvalue weighted by Crippen LogP contribution is 2.35. The van der Waals surface area contributed by atoms with Crippen LogP contribution in [-0.4, -0.2) is 47.8 Å². The van der Waals surface area contributed by atoms with E-state index in [4.69, 9.17) is 14.8 Å². The Morgan fingerprint density at radius 2 is 2.03 bits per heavy atom. The molecule has 2 aromatic carbocycles. The third-order valence-electron chi connectivity index (χ3n) is 5.41. The van der Waals surface area contributed by atoms with Crippen LogP contribution < -0.4 is 0 Å². The number of nitrogens with zero attached hydrogens (tertiary/aromatic N) is 2. The molecule has 1 aromatic heterocycles. The van der Waals surface area contributed by atoms with Gasteiger partial charge >= 0.3 is 0 Å². The Hall–Kier alpha value is -2.23. The summed E-state index contributed by atoms with van der Waals surface area (Å²) in [4.78, 5) is 7.26. The van der Waals surface area contributed by atoms with Crippen LogP contribution in [0.25, 0.3) is 10.2 Å². The lowest BCUT2D eigenvalue weighted by molar-refractivity contribution is -0.0234. The first-order valence-corrected chi connectivity index (χ1v) is 11.4. The van der Waals surface area contributed by atoms with Crippen LogP contribution in [0.4, 0.5) is 0 Å². The molecule has 0 aliphatic carbocycles. The molecule has 4 rings (SSSR count). The fraction of sp³-hybridized carbons (Fsp3) is 0.400. The number of rotatable bonds is 6. The molecule has 0 radical (unpaired) electrons. The minimum Gasteiger partial charge on any atom is -0.396 e. The molecule has 1 aliphatic heterocycles. The molecule has 1 saturated heterocycles. The summed E-state index contributed by atoms with van der Waals surface area (Å²) in [6, 6.07) is 16.6. The summed E-state index contributed by atoms with van der Waals surface area (Å²) in [5.41, 5.74) is 3.10. The fourth-order valence-electron chi connectivity index (χ4n) is 3.71. The van der Waals surface area contributed by atoms with E-state index in [1.165, 1.54) is 4.70 Å². The molecule has 0 spiro atoms. The summed E-state index contributed by atoms with van der Waals surface area (Å²) < 4.78 is 7.86. The maximum atomic E-state index is 8.95. The third kappa shape index (κ3) is 5.27. The highest BCUT2D eigenvalue weighted by atomic mass is 32.1. The molecule has 0 bridgehead atoms. The molecule has 3 aromatic rings. The van der Waals surface area contributed by atoms with Crippen molar-refractivity contribution in [1.82, 2.24) is 9.88 Å². The summed E-state index contributed by atoms with van der Waals surface area (Å²) in [7, 11) is 2.17. The Kier molecular flexibility index (Phi) is 7.14. The third-order valence-corrected chi connectivity index (χ3v) is 6.49. The minimum absolute atomic E-state index is 0.179. The molecule has 1 fully saturated rings. The number of likely N-dealkylation sites (tertiary alicyclic amines) is 1. The molecule has 1 atom stereocenters. The second-order valence-electron chi connectivity index (χ2n) is 7.79. The highest BCUT2D eigenvalue weighted by Gasteiger charge is 2.26. The van der Waals surface area contributed by atoms with Gasteiger partial charge in [0, 0.05) is 31.7 Å². The van der Waals surface area contributed by atoms with Crippen LogP contribution in [0.3, 0.4) is 0 Å². The number of para-hydroxylation sites is 1. The van der Waals surface area contributed by atoms with E-state index in [0.717, 1.165) is 47.6 Å². The molecular weight excluding hydrogens is 392 g/mol. The number of thiazole rings is 1. The highest BCUT2D eigenvalue weighted by molar-refractivity contribution is 7.18. The number of fused-ring (bicyclic) bond motifs is 1. The molecule has 30 heavy (non-hydrogen) atoms. The zero-order valence-corrected chi connectivity index (χ0v) is 18.2. The summed E-state index contributed by atoms with van der Waals surface area (Å²) in [6.07, 6.45) is 3.54. The van der Waals surface area contributed by atoms with Crippen molar-refractivity contribution < 1.29 is 9.84 Å². The SMILES string of the molecule is CN1CCC(OC(c2cccc(C#CCCCO)c2)c2nc3ccccc3s2)CC1. The summed E-state index contributed by atoms with van der Waals surface area (Å²) >= 11 is 1.71. The molecule has 156 valence electrons. The van der Waals surface area contributed by atoms with Crippen molar-refractivity contribution in [2.45, 2.75) is 37.9 Å². The van der Waals surface area contributed by atoms with Crippen LogP contribution >= 0.6 is 11.3 Å². The van der Waals surface area contributed by atoms with Gasteiger partial charge in [-0.3, -0.25) is 0 Å². The second-order valence-corrected chi connectivity index (χ2v) is 8.86. The Labute approximate surface area is 182 Å². The first kappa shape index (κ1) is 21.0. The van der Waals surface area contributed by atoms with E-state index in [2.05, 4.69) is 54.1 Å². The predicted octanol–water partition coefficient (Wildman–Crippen LogP) is 4.62. The quantitative estimate of drug-likeness (QED) is 0.467. The van der Waals surface area contributed by atoms with Crippen molar-refractivity contribution in [1.29, 1.82) is 0 Å². The number of ether oxygens (including phenoxy) is 1. The molecule has 0 amide bonds. The van der Waals surface area contributed by atoms with Crippen LogP contribution in [-0.2, 0) is 4.74 Å². The van der Waals surface area contributed by atoms with Crippen molar-refractivity contribution >= 4 is 21.6 Å². The minimum atomic E-state index is -0.185. The van der Waals surface area contributed by atoms with E-state index in [0.29, 0.717) is 12.8 Å². The largest absolute Gasteiger partial charge is 0.396 e. The molecule has 2 heterocycles. The van der Waals surface area contributed by atoms with Gasteiger partial charge in [-0.2, -0.15) is 0 Å². The fourth-order valence-corrected chi connectivity index (χ4v) is 4.74. The van der Waals surface area contributed by atoms with E-state index in [9.17, 15) is 0 Å². The summed E-state index contributed by atoms with van der Waals surface area (Å²) in [5.74, 6) is 6.37. The Morgan fingerprint density at radius 3 is 2.83 bits per heavy atom. The zero-order chi connectivity index (χ0) is 20.8. The summed E-state index contributed by atoms with van der Waals surface area (Å²) in [6.45, 7) is 2.31. The molecule has 1 N–H and O–H groups in total. The predicted molar refractivity (Wildman–Crippen MR) is 123 cm³/mol. The molecule has 0 saturated carbocycles. The average Bonchev–Trinajstić information content (AvgIpc) is 3.20. The van der Waals surface area contributed by atoms with Crippen molar-refractivity contribution in [3.8, 4) is 11.8 Å². The number of aliphatic hydroxyl groups excluding tert-OH is 1. The lowest BCUT2D eigenvalue weighted by atomic mass is 10.0. The van der Waals surface area contributed by atoms with Crippen LogP contribution in [0.5, 0.6) is 0 Å². The molecule has 1 unspecified atom stereocenters. The van der Waals surface area contributed by atoms with Crippen LogP contribution in [0.1, 0.15) is 47.9 Å². The lowest BCUT2D eigenvalue weighted by Crippen LogP contribution is -2.35. The lowest BCUT2D eigenvalue weighted by Gasteiger charge is -2.31. The van der Waals surface area contributed by atoms with Gasteiger partial charge in [0.15, 0.2) is 0 Å². The monoisotopic (exact) mass is 420 g/mol. The standard InChI is InChI=1S/C25H28N2O2S/c1-27-15-13-21(14-16-27)29-24(25-26-22-11-4-5-12-23(22)30-25)20-10-7-9-19(18-20)8-3-2-6-17-28/h4-5,7,9-12,18,21,24,28H,2,6,13-17H2,1H3. The van der Waals surface area contributed by atoms with Gasteiger partial charge in [-0.05, 0) is 56.1 Å². The normalized spacial score (nSPS) is 16.3. The van der Waals surface area contributed by atoms with Gasteiger partial charge in [0.2, 0.25) is 0 Å². The number of piperidine rings is 1.